The summed E-state index contributed by atoms with van der Waals surface area (Å²) in [4.78, 5) is 11.9. The number of hydrogen-bond donors (Lipinski definition) is 2. The monoisotopic (exact) mass is 396 g/mol. The number of carbonyl (C=O) groups is 1. The molecule has 2 aliphatic rings. The molecule has 2 N–H and O–H groups in total. The fourth-order valence-electron chi connectivity index (χ4n) is 4.15. The quantitative estimate of drug-likeness (QED) is 0.679. The summed E-state index contributed by atoms with van der Waals surface area (Å²) in [5.74, 6) is 1.85. The van der Waals surface area contributed by atoms with Gasteiger partial charge in [-0.15, -0.1) is 0 Å². The molecule has 4 nitrogen and oxygen atoms in total. The first kappa shape index (κ1) is 19.2. The lowest BCUT2D eigenvalue weighted by Crippen LogP contribution is -2.28. The Morgan fingerprint density at radius 3 is 2.79 bits per heavy atom. The normalized spacial score (nSPS) is 18.0. The number of benzene rings is 2. The summed E-state index contributed by atoms with van der Waals surface area (Å²) in [6, 6.07) is 10.7. The molecular formula is C23H28N2O2S. The van der Waals surface area contributed by atoms with Gasteiger partial charge in [0.2, 0.25) is 5.91 Å². The molecule has 2 aromatic carbocycles. The van der Waals surface area contributed by atoms with Crippen LogP contribution >= 0.6 is 12.2 Å². The van der Waals surface area contributed by atoms with Crippen LogP contribution in [0.15, 0.2) is 30.3 Å². The van der Waals surface area contributed by atoms with Crippen LogP contribution in [0.25, 0.3) is 10.8 Å². The van der Waals surface area contributed by atoms with E-state index in [-0.39, 0.29) is 11.8 Å². The Labute approximate surface area is 172 Å². The molecule has 1 amide bonds. The van der Waals surface area contributed by atoms with Gasteiger partial charge in [0.25, 0.3) is 5.17 Å². The van der Waals surface area contributed by atoms with E-state index >= 15 is 0 Å². The van der Waals surface area contributed by atoms with Gasteiger partial charge in [-0.3, -0.25) is 4.79 Å². The maximum atomic E-state index is 11.9. The number of amides is 1. The molecular weight excluding hydrogens is 368 g/mol. The predicted octanol–water partition coefficient (Wildman–Crippen LogP) is 4.45. The van der Waals surface area contributed by atoms with E-state index in [1.807, 2.05) is 6.07 Å². The van der Waals surface area contributed by atoms with Gasteiger partial charge in [-0.1, -0.05) is 31.2 Å². The molecule has 0 saturated heterocycles. The third-order valence-corrected chi connectivity index (χ3v) is 6.01. The van der Waals surface area contributed by atoms with Crippen molar-refractivity contribution in [2.75, 3.05) is 13.1 Å². The van der Waals surface area contributed by atoms with Gasteiger partial charge < -0.3 is 15.4 Å². The van der Waals surface area contributed by atoms with E-state index in [4.69, 9.17) is 17.0 Å². The Bertz CT molecular complexity index is 892. The van der Waals surface area contributed by atoms with Crippen LogP contribution in [0.3, 0.4) is 0 Å². The van der Waals surface area contributed by atoms with Crippen molar-refractivity contribution in [2.45, 2.75) is 51.4 Å². The zero-order valence-corrected chi connectivity index (χ0v) is 17.2. The summed E-state index contributed by atoms with van der Waals surface area (Å²) in [5.41, 5.74) is 2.63. The summed E-state index contributed by atoms with van der Waals surface area (Å²) >= 11 is 5.34. The van der Waals surface area contributed by atoms with Crippen molar-refractivity contribution in [3.8, 4) is 5.75 Å². The van der Waals surface area contributed by atoms with E-state index in [1.54, 1.807) is 0 Å². The third-order valence-electron chi connectivity index (χ3n) is 5.79. The minimum absolute atomic E-state index is 0.234. The lowest BCUT2D eigenvalue weighted by molar-refractivity contribution is -0.122. The minimum atomic E-state index is 0.234. The van der Waals surface area contributed by atoms with Crippen molar-refractivity contribution in [3.63, 3.8) is 0 Å². The molecule has 4 rings (SSSR count). The average molecular weight is 397 g/mol. The van der Waals surface area contributed by atoms with Crippen molar-refractivity contribution in [2.24, 2.45) is 5.92 Å². The SMILES string of the molecule is CCCNC(=S)Oc1ccc2cccc3c2c1CCC3CCNC(=O)C1CC1. The summed E-state index contributed by atoms with van der Waals surface area (Å²) in [5, 5.41) is 9.26. The number of nitrogens with one attached hydrogen (secondary N) is 2. The van der Waals surface area contributed by atoms with Crippen molar-refractivity contribution in [1.82, 2.24) is 10.6 Å². The van der Waals surface area contributed by atoms with Crippen LogP contribution in [0.1, 0.15) is 56.1 Å². The van der Waals surface area contributed by atoms with Crippen molar-refractivity contribution >= 4 is 34.1 Å². The van der Waals surface area contributed by atoms with E-state index in [2.05, 4.69) is 41.8 Å². The van der Waals surface area contributed by atoms with Crippen LogP contribution in [0.5, 0.6) is 5.75 Å². The summed E-state index contributed by atoms with van der Waals surface area (Å²) in [6.07, 6.45) is 6.15. The Hall–Kier alpha value is -2.14. The van der Waals surface area contributed by atoms with Crippen molar-refractivity contribution in [3.05, 3.63) is 41.5 Å². The zero-order valence-electron chi connectivity index (χ0n) is 16.4. The molecule has 0 bridgehead atoms. The number of hydrogen-bond acceptors (Lipinski definition) is 3. The summed E-state index contributed by atoms with van der Waals surface area (Å²) in [6.45, 7) is 3.68. The van der Waals surface area contributed by atoms with Crippen LogP contribution in [-0.4, -0.2) is 24.2 Å². The Morgan fingerprint density at radius 2 is 2.00 bits per heavy atom. The van der Waals surface area contributed by atoms with E-state index < -0.39 is 0 Å². The third kappa shape index (κ3) is 4.14. The molecule has 0 aliphatic heterocycles. The first-order chi connectivity index (χ1) is 13.7. The van der Waals surface area contributed by atoms with Gasteiger partial charge in [-0.2, -0.15) is 0 Å². The van der Waals surface area contributed by atoms with Crippen LogP contribution in [0.4, 0.5) is 0 Å². The molecule has 5 heteroatoms. The molecule has 1 unspecified atom stereocenters. The van der Waals surface area contributed by atoms with Crippen LogP contribution in [0.2, 0.25) is 0 Å². The fraction of sp³-hybridized carbons (Fsp3) is 0.478. The highest BCUT2D eigenvalue weighted by Crippen LogP contribution is 2.42. The lowest BCUT2D eigenvalue weighted by Gasteiger charge is -2.27. The molecule has 0 radical (unpaired) electrons. The number of thiocarbonyl (C=S) groups is 1. The first-order valence-electron chi connectivity index (χ1n) is 10.4. The molecule has 1 atom stereocenters. The van der Waals surface area contributed by atoms with Gasteiger partial charge in [-0.25, -0.2) is 0 Å². The molecule has 28 heavy (non-hydrogen) atoms. The molecule has 1 fully saturated rings. The lowest BCUT2D eigenvalue weighted by atomic mass is 9.79. The van der Waals surface area contributed by atoms with Gasteiger partial charge in [0, 0.05) is 24.6 Å². The second-order valence-corrected chi connectivity index (χ2v) is 8.26. The van der Waals surface area contributed by atoms with Gasteiger partial charge in [0.15, 0.2) is 0 Å². The highest BCUT2D eigenvalue weighted by Gasteiger charge is 2.30. The Morgan fingerprint density at radius 1 is 1.14 bits per heavy atom. The maximum absolute atomic E-state index is 11.9. The van der Waals surface area contributed by atoms with Crippen molar-refractivity contribution in [1.29, 1.82) is 0 Å². The van der Waals surface area contributed by atoms with E-state index in [1.165, 1.54) is 21.9 Å². The highest BCUT2D eigenvalue weighted by atomic mass is 32.1. The summed E-state index contributed by atoms with van der Waals surface area (Å²) in [7, 11) is 0. The van der Waals surface area contributed by atoms with Gasteiger partial charge in [0.1, 0.15) is 5.75 Å². The molecule has 0 heterocycles. The smallest absolute Gasteiger partial charge is 0.262 e. The van der Waals surface area contributed by atoms with E-state index in [0.29, 0.717) is 11.1 Å². The van der Waals surface area contributed by atoms with Crippen LogP contribution in [-0.2, 0) is 11.2 Å². The molecule has 148 valence electrons. The average Bonchev–Trinajstić information content (AvgIpc) is 3.55. The van der Waals surface area contributed by atoms with Gasteiger partial charge >= 0.3 is 0 Å². The van der Waals surface area contributed by atoms with Crippen LogP contribution in [0, 0.1) is 5.92 Å². The molecule has 0 aromatic heterocycles. The van der Waals surface area contributed by atoms with Gasteiger partial charge in [0.05, 0.1) is 0 Å². The summed E-state index contributed by atoms with van der Waals surface area (Å²) < 4.78 is 5.98. The number of aryl methyl sites for hydroxylation is 1. The second-order valence-electron chi connectivity index (χ2n) is 7.89. The Kier molecular flexibility index (Phi) is 5.81. The first-order valence-corrected chi connectivity index (χ1v) is 10.9. The van der Waals surface area contributed by atoms with Crippen LogP contribution < -0.4 is 15.4 Å². The van der Waals surface area contributed by atoms with E-state index in [9.17, 15) is 4.79 Å². The molecule has 2 aromatic rings. The molecule has 1 saturated carbocycles. The van der Waals surface area contributed by atoms with E-state index in [0.717, 1.165) is 57.4 Å². The maximum Gasteiger partial charge on any atom is 0.262 e. The number of rotatable bonds is 7. The molecule has 2 aliphatic carbocycles. The van der Waals surface area contributed by atoms with Crippen molar-refractivity contribution < 1.29 is 9.53 Å². The fourth-order valence-corrected chi connectivity index (χ4v) is 4.34. The topological polar surface area (TPSA) is 50.4 Å². The zero-order chi connectivity index (χ0) is 19.5. The molecule has 0 spiro atoms. The number of ether oxygens (including phenoxy) is 1. The Balaban J connectivity index is 1.53. The number of carbonyl (C=O) groups excluding carboxylic acids is 1. The predicted molar refractivity (Wildman–Crippen MR) is 117 cm³/mol. The standard InChI is InChI=1S/C23H28N2O2S/c1-2-13-25-23(28)27-20-11-9-16-4-3-5-18-15(8-10-19(20)21(16)18)12-14-24-22(26)17-6-7-17/h3-5,9,11,15,17H,2,6-8,10,12-14H2,1H3,(H,24,26)(H,25,28). The second kappa shape index (κ2) is 8.48. The van der Waals surface area contributed by atoms with Gasteiger partial charge in [-0.05, 0) is 79.1 Å². The minimum Gasteiger partial charge on any atom is -0.432 e. The highest BCUT2D eigenvalue weighted by molar-refractivity contribution is 7.80. The largest absolute Gasteiger partial charge is 0.432 e.